The summed E-state index contributed by atoms with van der Waals surface area (Å²) < 4.78 is 0. The van der Waals surface area contributed by atoms with Gasteiger partial charge in [-0.1, -0.05) is 10.4 Å². The van der Waals surface area contributed by atoms with Crippen molar-refractivity contribution < 1.29 is 0 Å². The molecule has 0 radical (unpaired) electrons. The Morgan fingerprint density at radius 2 is 2.18 bits per heavy atom. The lowest BCUT2D eigenvalue weighted by Crippen LogP contribution is -1.81. The fourth-order valence-corrected chi connectivity index (χ4v) is 0.377. The van der Waals surface area contributed by atoms with Crippen molar-refractivity contribution in [2.75, 3.05) is 5.73 Å². The molecule has 0 unspecified atom stereocenters. The van der Waals surface area contributed by atoms with Crippen LogP contribution in [0, 0.1) is 0 Å². The van der Waals surface area contributed by atoms with Gasteiger partial charge >= 0.3 is 0 Å². The van der Waals surface area contributed by atoms with Crippen LogP contribution in [0.5, 0.6) is 0 Å². The van der Waals surface area contributed by atoms with Gasteiger partial charge in [-0.2, -0.15) is 0 Å². The third-order valence-electron chi connectivity index (χ3n) is 0.767. The van der Waals surface area contributed by atoms with Crippen molar-refractivity contribution in [3.63, 3.8) is 0 Å². The largest absolute Gasteiger partial charge is 0.381 e. The number of aromatic amines is 2. The number of nitrogens with two attached hydrogens (primary N) is 1. The molecule has 2 rings (SSSR count). The van der Waals surface area contributed by atoms with E-state index in [-0.39, 0.29) is 0 Å². The van der Waals surface area contributed by atoms with Crippen LogP contribution in [0.25, 0.3) is 0 Å². The number of nitrogen functional groups attached to an aromatic ring is 1. The van der Waals surface area contributed by atoms with Crippen molar-refractivity contribution in [2.45, 2.75) is 0 Å². The third-order valence-corrected chi connectivity index (χ3v) is 0.767. The number of nitrogens with one attached hydrogen (secondary N) is 2. The number of H-pyrrole nitrogens is 2. The summed E-state index contributed by atoms with van der Waals surface area (Å²) in [5, 5.41) is 18.4. The van der Waals surface area contributed by atoms with Gasteiger partial charge in [0.05, 0.1) is 12.4 Å². The van der Waals surface area contributed by atoms with Gasteiger partial charge in [0.25, 0.3) is 0 Å². The second-order valence-corrected chi connectivity index (χ2v) is 1.56. The van der Waals surface area contributed by atoms with E-state index < -0.39 is 0 Å². The molecule has 4 N–H and O–H groups in total. The van der Waals surface area contributed by atoms with E-state index in [0.29, 0.717) is 5.82 Å². The van der Waals surface area contributed by atoms with Gasteiger partial charge in [-0.15, -0.1) is 10.2 Å². The minimum Gasteiger partial charge on any atom is -0.381 e. The van der Waals surface area contributed by atoms with E-state index in [2.05, 4.69) is 30.8 Å². The highest BCUT2D eigenvalue weighted by molar-refractivity contribution is 5.18. The van der Waals surface area contributed by atoms with Crippen LogP contribution in [0.15, 0.2) is 18.6 Å². The molecule has 0 aliphatic rings. The number of aromatic nitrogens is 6. The van der Waals surface area contributed by atoms with Crippen molar-refractivity contribution in [2.24, 2.45) is 0 Å². The summed E-state index contributed by atoms with van der Waals surface area (Å²) >= 11 is 0. The first-order valence-electron chi connectivity index (χ1n) is 2.82. The summed E-state index contributed by atoms with van der Waals surface area (Å²) in [6, 6.07) is 0. The van der Waals surface area contributed by atoms with E-state index in [1.165, 1.54) is 6.20 Å². The minimum atomic E-state index is 0.426. The number of hydrogen-bond acceptors (Lipinski definition) is 5. The van der Waals surface area contributed by atoms with Gasteiger partial charge in [0.1, 0.15) is 0 Å². The number of nitrogens with zero attached hydrogens (tertiary/aromatic N) is 4. The molecule has 2 aromatic rings. The lowest BCUT2D eigenvalue weighted by Gasteiger charge is -1.64. The van der Waals surface area contributed by atoms with Crippen molar-refractivity contribution >= 4 is 5.82 Å². The maximum atomic E-state index is 5.07. The molecule has 0 aliphatic carbocycles. The van der Waals surface area contributed by atoms with Crippen molar-refractivity contribution in [1.29, 1.82) is 0 Å². The highest BCUT2D eigenvalue weighted by Gasteiger charge is 1.76. The van der Waals surface area contributed by atoms with Gasteiger partial charge in [-0.3, -0.25) is 10.2 Å². The summed E-state index contributed by atoms with van der Waals surface area (Å²) in [7, 11) is 0. The Labute approximate surface area is 62.0 Å². The molecule has 0 amide bonds. The summed E-state index contributed by atoms with van der Waals surface area (Å²) in [6.45, 7) is 0. The van der Waals surface area contributed by atoms with Crippen LogP contribution in [0.2, 0.25) is 0 Å². The molecule has 0 fully saturated rings. The molecule has 7 heteroatoms. The molecule has 7 nitrogen and oxygen atoms in total. The Morgan fingerprint density at radius 1 is 1.27 bits per heavy atom. The molecule has 0 aliphatic heterocycles. The SMILES string of the molecule is Nc1c[nH]nn1.c1c[nH]nn1. The topological polar surface area (TPSA) is 109 Å². The normalized spacial score (nSPS) is 8.36. The zero-order valence-corrected chi connectivity index (χ0v) is 5.60. The molecule has 2 heterocycles. The molecule has 0 saturated heterocycles. The van der Waals surface area contributed by atoms with Crippen LogP contribution in [0.1, 0.15) is 0 Å². The summed E-state index contributed by atoms with van der Waals surface area (Å²) in [6.07, 6.45) is 4.75. The first-order valence-corrected chi connectivity index (χ1v) is 2.82. The number of anilines is 1. The van der Waals surface area contributed by atoms with Crippen LogP contribution < -0.4 is 5.73 Å². The lowest BCUT2D eigenvalue weighted by atomic mass is 10.8. The third kappa shape index (κ3) is 2.94. The maximum absolute atomic E-state index is 5.07. The standard InChI is InChI=1S/C2H4N4.C2H3N3/c3-2-1-4-6-5-2;1-2-4-5-3-1/h1H,(H3,3,4,5,6);1-2H,(H,3,4,5). The average Bonchev–Trinajstić information content (AvgIpc) is 2.57. The van der Waals surface area contributed by atoms with Gasteiger partial charge in [0.2, 0.25) is 0 Å². The van der Waals surface area contributed by atoms with Gasteiger partial charge in [0.15, 0.2) is 5.82 Å². The molecule has 2 aromatic heterocycles. The fraction of sp³-hybridized carbons (Fsp3) is 0. The predicted molar refractivity (Wildman–Crippen MR) is 37.2 cm³/mol. The zero-order chi connectivity index (χ0) is 7.94. The van der Waals surface area contributed by atoms with Crippen LogP contribution in [0.3, 0.4) is 0 Å². The van der Waals surface area contributed by atoms with Crippen molar-refractivity contribution in [3.05, 3.63) is 18.6 Å². The van der Waals surface area contributed by atoms with Crippen molar-refractivity contribution in [1.82, 2.24) is 30.8 Å². The quantitative estimate of drug-likeness (QED) is 0.458. The molecule has 0 aromatic carbocycles. The van der Waals surface area contributed by atoms with Crippen LogP contribution in [-0.4, -0.2) is 30.8 Å². The van der Waals surface area contributed by atoms with Crippen LogP contribution >= 0.6 is 0 Å². The number of hydrogen-bond donors (Lipinski definition) is 3. The van der Waals surface area contributed by atoms with Gasteiger partial charge in [0, 0.05) is 6.20 Å². The average molecular weight is 153 g/mol. The molecule has 58 valence electrons. The van der Waals surface area contributed by atoms with E-state index in [0.717, 1.165) is 0 Å². The molecular formula is C4H7N7. The summed E-state index contributed by atoms with van der Waals surface area (Å²) in [4.78, 5) is 0. The molecule has 0 atom stereocenters. The van der Waals surface area contributed by atoms with Crippen molar-refractivity contribution in [3.8, 4) is 0 Å². The monoisotopic (exact) mass is 153 g/mol. The molecule has 0 saturated carbocycles. The van der Waals surface area contributed by atoms with Gasteiger partial charge in [-0.05, 0) is 0 Å². The molecule has 11 heavy (non-hydrogen) atoms. The number of rotatable bonds is 0. The Balaban J connectivity index is 0.000000112. The Morgan fingerprint density at radius 3 is 2.36 bits per heavy atom. The first-order chi connectivity index (χ1) is 5.39. The second kappa shape index (κ2) is 3.99. The molecule has 0 bridgehead atoms. The molecule has 0 spiro atoms. The zero-order valence-electron chi connectivity index (χ0n) is 5.60. The Bertz CT molecular complexity index is 229. The van der Waals surface area contributed by atoms with E-state index in [1.807, 2.05) is 0 Å². The Hall–Kier alpha value is -1.92. The Kier molecular flexibility index (Phi) is 2.61. The van der Waals surface area contributed by atoms with E-state index >= 15 is 0 Å². The maximum Gasteiger partial charge on any atom is 0.165 e. The second-order valence-electron chi connectivity index (χ2n) is 1.56. The highest BCUT2D eigenvalue weighted by Crippen LogP contribution is 1.81. The summed E-state index contributed by atoms with van der Waals surface area (Å²) in [5.74, 6) is 0.426. The van der Waals surface area contributed by atoms with E-state index in [4.69, 9.17) is 5.73 Å². The van der Waals surface area contributed by atoms with Gasteiger partial charge < -0.3 is 5.73 Å². The van der Waals surface area contributed by atoms with Crippen LogP contribution in [-0.2, 0) is 0 Å². The first kappa shape index (κ1) is 7.19. The smallest absolute Gasteiger partial charge is 0.165 e. The van der Waals surface area contributed by atoms with E-state index in [1.54, 1.807) is 12.4 Å². The van der Waals surface area contributed by atoms with E-state index in [9.17, 15) is 0 Å². The predicted octanol–water partition coefficient (Wildman–Crippen LogP) is -0.808. The molecular weight excluding hydrogens is 146 g/mol. The summed E-state index contributed by atoms with van der Waals surface area (Å²) in [5.41, 5.74) is 5.07. The fourth-order valence-electron chi connectivity index (χ4n) is 0.377. The lowest BCUT2D eigenvalue weighted by molar-refractivity contribution is 0.940. The minimum absolute atomic E-state index is 0.426. The van der Waals surface area contributed by atoms with Gasteiger partial charge in [-0.25, -0.2) is 0 Å². The van der Waals surface area contributed by atoms with Crippen LogP contribution in [0.4, 0.5) is 5.82 Å². The highest BCUT2D eigenvalue weighted by atomic mass is 15.3.